The molecule has 2 aliphatic rings. The molecule has 2 rings (SSSR count). The molecule has 0 bridgehead atoms. The maximum atomic E-state index is 11.4. The highest BCUT2D eigenvalue weighted by molar-refractivity contribution is 6.58. The van der Waals surface area contributed by atoms with Crippen LogP contribution in [0.4, 0.5) is 0 Å². The maximum Gasteiger partial charge on any atom is 0.256 e. The average molecular weight is 222 g/mol. The fraction of sp³-hybridized carbons (Fsp3) is 0.889. The number of fused-ring (bicyclic) bond motifs is 1. The Bertz CT molecular complexity index is 230. The lowest BCUT2D eigenvalue weighted by atomic mass is 9.79. The molecule has 74 valence electrons. The topological polar surface area (TPSA) is 29.1 Å². The van der Waals surface area contributed by atoms with Crippen molar-refractivity contribution in [1.82, 2.24) is 5.32 Å². The highest BCUT2D eigenvalue weighted by Gasteiger charge is 2.45. The minimum Gasteiger partial charge on any atom is -0.350 e. The summed E-state index contributed by atoms with van der Waals surface area (Å²) in [6, 6.07) is 0.326. The first-order chi connectivity index (χ1) is 6.09. The third-order valence-corrected chi connectivity index (χ3v) is 3.73. The van der Waals surface area contributed by atoms with E-state index >= 15 is 0 Å². The zero-order valence-corrected chi connectivity index (χ0v) is 8.87. The van der Waals surface area contributed by atoms with Crippen LogP contribution in [0.1, 0.15) is 32.1 Å². The molecule has 1 saturated heterocycles. The smallest absolute Gasteiger partial charge is 0.256 e. The molecule has 1 aliphatic heterocycles. The van der Waals surface area contributed by atoms with Gasteiger partial charge in [-0.15, -0.1) is 0 Å². The quantitative estimate of drug-likeness (QED) is 0.625. The minimum atomic E-state index is -1.18. The van der Waals surface area contributed by atoms with E-state index in [2.05, 4.69) is 5.32 Å². The van der Waals surface area contributed by atoms with Crippen molar-refractivity contribution in [1.29, 1.82) is 0 Å². The Morgan fingerprint density at radius 2 is 2.00 bits per heavy atom. The first kappa shape index (κ1) is 9.60. The summed E-state index contributed by atoms with van der Waals surface area (Å²) >= 11 is 11.8. The van der Waals surface area contributed by atoms with Crippen molar-refractivity contribution in [2.24, 2.45) is 5.92 Å². The summed E-state index contributed by atoms with van der Waals surface area (Å²) in [5.41, 5.74) is 0. The van der Waals surface area contributed by atoms with Crippen molar-refractivity contribution >= 4 is 29.1 Å². The average Bonchev–Trinajstić information content (AvgIpc) is 2.06. The summed E-state index contributed by atoms with van der Waals surface area (Å²) in [5.74, 6) is 0.278. The van der Waals surface area contributed by atoms with Gasteiger partial charge in [0.1, 0.15) is 0 Å². The molecule has 13 heavy (non-hydrogen) atoms. The van der Waals surface area contributed by atoms with Gasteiger partial charge in [0.25, 0.3) is 5.91 Å². The third-order valence-electron chi connectivity index (χ3n) is 3.08. The molecule has 1 aliphatic carbocycles. The van der Waals surface area contributed by atoms with E-state index < -0.39 is 4.33 Å². The van der Waals surface area contributed by atoms with Crippen LogP contribution in [0.25, 0.3) is 0 Å². The summed E-state index contributed by atoms with van der Waals surface area (Å²) < 4.78 is -1.18. The van der Waals surface area contributed by atoms with E-state index in [1.54, 1.807) is 0 Å². The second-order valence-electron chi connectivity index (χ2n) is 4.03. The van der Waals surface area contributed by atoms with Crippen LogP contribution in [-0.2, 0) is 4.79 Å². The highest BCUT2D eigenvalue weighted by atomic mass is 35.5. The van der Waals surface area contributed by atoms with Crippen LogP contribution in [0.15, 0.2) is 0 Å². The van der Waals surface area contributed by atoms with Crippen LogP contribution in [0.3, 0.4) is 0 Å². The summed E-state index contributed by atoms with van der Waals surface area (Å²) in [6.07, 6.45) is 5.29. The van der Waals surface area contributed by atoms with Crippen molar-refractivity contribution in [3.8, 4) is 0 Å². The first-order valence-corrected chi connectivity index (χ1v) is 5.54. The van der Waals surface area contributed by atoms with Crippen LogP contribution in [0.2, 0.25) is 0 Å². The van der Waals surface area contributed by atoms with Crippen LogP contribution < -0.4 is 5.32 Å². The number of carbonyl (C=O) groups is 1. The van der Waals surface area contributed by atoms with Crippen LogP contribution in [-0.4, -0.2) is 16.3 Å². The number of nitrogens with one attached hydrogen (secondary N) is 1. The summed E-state index contributed by atoms with van der Waals surface area (Å²) in [7, 11) is 0. The number of alkyl halides is 2. The van der Waals surface area contributed by atoms with Gasteiger partial charge < -0.3 is 5.32 Å². The van der Waals surface area contributed by atoms with Gasteiger partial charge in [-0.05, 0) is 25.2 Å². The second kappa shape index (κ2) is 3.32. The molecular formula is C9H13Cl2NO. The molecule has 0 unspecified atom stereocenters. The van der Waals surface area contributed by atoms with E-state index in [9.17, 15) is 4.79 Å². The molecule has 1 amide bonds. The van der Waals surface area contributed by atoms with Gasteiger partial charge >= 0.3 is 0 Å². The Hall–Kier alpha value is 0.0500. The fourth-order valence-corrected chi connectivity index (χ4v) is 2.84. The van der Waals surface area contributed by atoms with Gasteiger partial charge in [0.15, 0.2) is 4.33 Å². The van der Waals surface area contributed by atoms with Crippen molar-refractivity contribution in [2.45, 2.75) is 42.5 Å². The zero-order valence-electron chi connectivity index (χ0n) is 7.35. The Labute approximate surface area is 88.0 Å². The Balaban J connectivity index is 2.10. The predicted molar refractivity (Wildman–Crippen MR) is 52.9 cm³/mol. The van der Waals surface area contributed by atoms with Crippen molar-refractivity contribution < 1.29 is 4.79 Å². The molecule has 2 nitrogen and oxygen atoms in total. The SMILES string of the molecule is O=C1N[C@@H]2CCCC[C@H]2CC1(Cl)Cl. The van der Waals surface area contributed by atoms with Gasteiger partial charge in [-0.2, -0.15) is 0 Å². The van der Waals surface area contributed by atoms with E-state index in [1.807, 2.05) is 0 Å². The molecule has 2 atom stereocenters. The lowest BCUT2D eigenvalue weighted by molar-refractivity contribution is -0.125. The third kappa shape index (κ3) is 1.79. The molecule has 0 spiro atoms. The molecule has 0 aromatic heterocycles. The molecular weight excluding hydrogens is 209 g/mol. The molecule has 2 fully saturated rings. The van der Waals surface area contributed by atoms with Crippen molar-refractivity contribution in [2.75, 3.05) is 0 Å². The van der Waals surface area contributed by atoms with Crippen molar-refractivity contribution in [3.63, 3.8) is 0 Å². The number of hydrogen-bond acceptors (Lipinski definition) is 1. The molecule has 0 aromatic rings. The van der Waals surface area contributed by atoms with Gasteiger partial charge in [-0.25, -0.2) is 0 Å². The van der Waals surface area contributed by atoms with Crippen LogP contribution in [0.5, 0.6) is 0 Å². The second-order valence-corrected chi connectivity index (χ2v) is 5.52. The van der Waals surface area contributed by atoms with Gasteiger partial charge in [0, 0.05) is 6.04 Å². The van der Waals surface area contributed by atoms with Crippen LogP contribution >= 0.6 is 23.2 Å². The lowest BCUT2D eigenvalue weighted by Gasteiger charge is -2.40. The Kier molecular flexibility index (Phi) is 2.45. The number of amides is 1. The van der Waals surface area contributed by atoms with Gasteiger partial charge in [0.2, 0.25) is 0 Å². The maximum absolute atomic E-state index is 11.4. The van der Waals surface area contributed by atoms with Gasteiger partial charge in [-0.1, -0.05) is 36.0 Å². The van der Waals surface area contributed by atoms with E-state index in [0.29, 0.717) is 18.4 Å². The highest BCUT2D eigenvalue weighted by Crippen LogP contribution is 2.40. The number of piperidine rings is 1. The van der Waals surface area contributed by atoms with Gasteiger partial charge in [-0.3, -0.25) is 4.79 Å². The van der Waals surface area contributed by atoms with Gasteiger partial charge in [0.05, 0.1) is 0 Å². The number of hydrogen-bond donors (Lipinski definition) is 1. The Morgan fingerprint density at radius 1 is 1.31 bits per heavy atom. The number of rotatable bonds is 0. The van der Waals surface area contributed by atoms with E-state index in [4.69, 9.17) is 23.2 Å². The molecule has 1 saturated carbocycles. The normalized spacial score (nSPS) is 37.8. The Morgan fingerprint density at radius 3 is 2.77 bits per heavy atom. The van der Waals surface area contributed by atoms with E-state index in [1.165, 1.54) is 12.8 Å². The summed E-state index contributed by atoms with van der Waals surface area (Å²) in [4.78, 5) is 11.4. The molecule has 1 N–H and O–H groups in total. The fourth-order valence-electron chi connectivity index (χ4n) is 2.34. The summed E-state index contributed by atoms with van der Waals surface area (Å²) in [6.45, 7) is 0. The standard InChI is InChI=1S/C9H13Cl2NO/c10-9(11)5-6-3-1-2-4-7(6)12-8(9)13/h6-7H,1-5H2,(H,12,13)/t6-,7+/m0/s1. The predicted octanol–water partition coefficient (Wildman–Crippen LogP) is 2.24. The molecule has 0 radical (unpaired) electrons. The molecule has 1 heterocycles. The van der Waals surface area contributed by atoms with E-state index in [-0.39, 0.29) is 5.91 Å². The first-order valence-electron chi connectivity index (χ1n) is 4.78. The summed E-state index contributed by atoms with van der Waals surface area (Å²) in [5, 5.41) is 2.91. The zero-order chi connectivity index (χ0) is 9.47. The largest absolute Gasteiger partial charge is 0.350 e. The molecule has 0 aromatic carbocycles. The van der Waals surface area contributed by atoms with Crippen molar-refractivity contribution in [3.05, 3.63) is 0 Å². The minimum absolute atomic E-state index is 0.209. The van der Waals surface area contributed by atoms with Crippen LogP contribution in [0, 0.1) is 5.92 Å². The number of carbonyl (C=O) groups excluding carboxylic acids is 1. The van der Waals surface area contributed by atoms with E-state index in [0.717, 1.165) is 12.8 Å². The monoisotopic (exact) mass is 221 g/mol. The number of halogens is 2. The molecule has 4 heteroatoms. The lowest BCUT2D eigenvalue weighted by Crippen LogP contribution is -2.55.